The molecule has 0 aliphatic carbocycles. The average molecular weight is 553 g/mol. The molecule has 2 aromatic rings. The van der Waals surface area contributed by atoms with Crippen molar-refractivity contribution in [2.45, 2.75) is 38.8 Å². The lowest BCUT2D eigenvalue weighted by atomic mass is 9.99. The number of halogens is 2. The van der Waals surface area contributed by atoms with Gasteiger partial charge in [-0.05, 0) is 48.9 Å². The summed E-state index contributed by atoms with van der Waals surface area (Å²) in [5.74, 6) is 2.76. The topological polar surface area (TPSA) is 68.7 Å². The average Bonchev–Trinajstić information content (AvgIpc) is 3.26. The molecular formula is C23H33FIN7. The van der Waals surface area contributed by atoms with Crippen LogP contribution in [0, 0.1) is 11.7 Å². The van der Waals surface area contributed by atoms with Gasteiger partial charge in [-0.25, -0.2) is 14.4 Å². The molecule has 9 heteroatoms. The maximum atomic E-state index is 14.0. The molecule has 0 amide bonds. The number of guanidine groups is 1. The molecule has 2 aliphatic heterocycles. The number of aromatic nitrogens is 2. The van der Waals surface area contributed by atoms with Crippen molar-refractivity contribution in [3.05, 3.63) is 48.0 Å². The van der Waals surface area contributed by atoms with Crippen LogP contribution in [0.3, 0.4) is 0 Å². The van der Waals surface area contributed by atoms with Gasteiger partial charge in [0, 0.05) is 58.2 Å². The molecule has 1 atom stereocenters. The number of hydrogen-bond acceptors (Lipinski definition) is 5. The third-order valence-electron chi connectivity index (χ3n) is 6.17. The van der Waals surface area contributed by atoms with Gasteiger partial charge < -0.3 is 20.4 Å². The molecule has 2 N–H and O–H groups in total. The van der Waals surface area contributed by atoms with Gasteiger partial charge in [0.05, 0.1) is 0 Å². The Morgan fingerprint density at radius 2 is 1.91 bits per heavy atom. The van der Waals surface area contributed by atoms with E-state index in [1.54, 1.807) is 19.3 Å². The fourth-order valence-electron chi connectivity index (χ4n) is 4.20. The Morgan fingerprint density at radius 3 is 2.59 bits per heavy atom. The van der Waals surface area contributed by atoms with Crippen LogP contribution >= 0.6 is 24.0 Å². The van der Waals surface area contributed by atoms with Gasteiger partial charge in [0.2, 0.25) is 0 Å². The van der Waals surface area contributed by atoms with E-state index in [4.69, 9.17) is 0 Å². The molecule has 32 heavy (non-hydrogen) atoms. The van der Waals surface area contributed by atoms with Crippen LogP contribution in [0.15, 0.2) is 41.7 Å². The molecule has 0 spiro atoms. The third kappa shape index (κ3) is 6.20. The van der Waals surface area contributed by atoms with Gasteiger partial charge in [-0.15, -0.1) is 24.0 Å². The minimum absolute atomic E-state index is 0. The first-order valence-electron chi connectivity index (χ1n) is 11.1. The standard InChI is InChI=1S/C23H32FN7.HI/c1-17-7-11-30(12-8-17)21-6-5-18(14-27-21)15-28-23(25-2)29-19-9-13-31(16-19)22-20(24)4-3-10-26-22;/h3-6,10,14,17,19H,7-9,11-13,15-16H2,1-2H3,(H2,25,28,29);1H. The zero-order chi connectivity index (χ0) is 21.6. The minimum atomic E-state index is -0.277. The summed E-state index contributed by atoms with van der Waals surface area (Å²) in [7, 11) is 1.76. The zero-order valence-corrected chi connectivity index (χ0v) is 21.1. The van der Waals surface area contributed by atoms with Gasteiger partial charge in [0.25, 0.3) is 0 Å². The van der Waals surface area contributed by atoms with E-state index in [0.29, 0.717) is 18.9 Å². The molecule has 4 heterocycles. The molecule has 0 saturated carbocycles. The lowest BCUT2D eigenvalue weighted by Crippen LogP contribution is -2.44. The molecular weight excluding hydrogens is 520 g/mol. The van der Waals surface area contributed by atoms with Gasteiger partial charge in [0.1, 0.15) is 5.82 Å². The number of anilines is 2. The largest absolute Gasteiger partial charge is 0.357 e. The van der Waals surface area contributed by atoms with Gasteiger partial charge in [-0.2, -0.15) is 0 Å². The summed E-state index contributed by atoms with van der Waals surface area (Å²) in [6.45, 7) is 6.60. The van der Waals surface area contributed by atoms with Crippen LogP contribution in [0.4, 0.5) is 16.0 Å². The summed E-state index contributed by atoms with van der Waals surface area (Å²) in [4.78, 5) is 17.5. The fraction of sp³-hybridized carbons (Fsp3) is 0.522. The van der Waals surface area contributed by atoms with Crippen LogP contribution in [0.5, 0.6) is 0 Å². The van der Waals surface area contributed by atoms with E-state index in [1.165, 1.54) is 18.9 Å². The smallest absolute Gasteiger partial charge is 0.191 e. The highest BCUT2D eigenvalue weighted by molar-refractivity contribution is 14.0. The fourth-order valence-corrected chi connectivity index (χ4v) is 4.20. The second-order valence-electron chi connectivity index (χ2n) is 8.50. The summed E-state index contributed by atoms with van der Waals surface area (Å²) in [5, 5.41) is 6.80. The maximum Gasteiger partial charge on any atom is 0.191 e. The molecule has 2 aromatic heterocycles. The van der Waals surface area contributed by atoms with Crippen molar-refractivity contribution >= 4 is 41.6 Å². The van der Waals surface area contributed by atoms with Crippen LogP contribution in [0.1, 0.15) is 31.7 Å². The summed E-state index contributed by atoms with van der Waals surface area (Å²) >= 11 is 0. The van der Waals surface area contributed by atoms with E-state index in [0.717, 1.165) is 49.3 Å². The van der Waals surface area contributed by atoms with Crippen molar-refractivity contribution in [3.8, 4) is 0 Å². The van der Waals surface area contributed by atoms with Gasteiger partial charge >= 0.3 is 0 Å². The first-order chi connectivity index (χ1) is 15.1. The molecule has 0 radical (unpaired) electrons. The summed E-state index contributed by atoms with van der Waals surface area (Å²) in [6.07, 6.45) is 6.94. The van der Waals surface area contributed by atoms with Crippen molar-refractivity contribution < 1.29 is 4.39 Å². The second kappa shape index (κ2) is 11.6. The highest BCUT2D eigenvalue weighted by atomic mass is 127. The first-order valence-corrected chi connectivity index (χ1v) is 11.1. The lowest BCUT2D eigenvalue weighted by molar-refractivity contribution is 0.436. The quantitative estimate of drug-likeness (QED) is 0.336. The molecule has 174 valence electrons. The number of nitrogens with one attached hydrogen (secondary N) is 2. The maximum absolute atomic E-state index is 14.0. The minimum Gasteiger partial charge on any atom is -0.357 e. The van der Waals surface area contributed by atoms with E-state index in [2.05, 4.69) is 49.6 Å². The Kier molecular flexibility index (Phi) is 8.89. The van der Waals surface area contributed by atoms with Crippen LogP contribution in [-0.2, 0) is 6.54 Å². The summed E-state index contributed by atoms with van der Waals surface area (Å²) in [6, 6.07) is 7.50. The number of rotatable bonds is 5. The van der Waals surface area contributed by atoms with Crippen LogP contribution in [-0.4, -0.2) is 55.2 Å². The SMILES string of the molecule is CN=C(NCc1ccc(N2CCC(C)CC2)nc1)NC1CCN(c2ncccc2F)C1.I. The molecule has 0 aromatic carbocycles. The zero-order valence-electron chi connectivity index (χ0n) is 18.8. The van der Waals surface area contributed by atoms with Crippen LogP contribution in [0.2, 0.25) is 0 Å². The van der Waals surface area contributed by atoms with Gasteiger partial charge in [0.15, 0.2) is 17.6 Å². The molecule has 2 saturated heterocycles. The molecule has 0 bridgehead atoms. The Morgan fingerprint density at radius 1 is 1.12 bits per heavy atom. The molecule has 1 unspecified atom stereocenters. The molecule has 2 aliphatic rings. The van der Waals surface area contributed by atoms with Gasteiger partial charge in [-0.1, -0.05) is 13.0 Å². The van der Waals surface area contributed by atoms with E-state index in [1.807, 2.05) is 11.1 Å². The Balaban J connectivity index is 0.00000289. The van der Waals surface area contributed by atoms with E-state index >= 15 is 0 Å². The summed E-state index contributed by atoms with van der Waals surface area (Å²) in [5.41, 5.74) is 1.11. The van der Waals surface area contributed by atoms with E-state index < -0.39 is 0 Å². The van der Waals surface area contributed by atoms with Crippen LogP contribution < -0.4 is 20.4 Å². The van der Waals surface area contributed by atoms with E-state index in [-0.39, 0.29) is 35.8 Å². The van der Waals surface area contributed by atoms with Crippen molar-refractivity contribution in [3.63, 3.8) is 0 Å². The summed E-state index contributed by atoms with van der Waals surface area (Å²) < 4.78 is 14.0. The van der Waals surface area contributed by atoms with Crippen molar-refractivity contribution in [1.29, 1.82) is 0 Å². The Labute approximate surface area is 206 Å². The molecule has 7 nitrogen and oxygen atoms in total. The number of pyridine rings is 2. The first kappa shape index (κ1) is 24.5. The van der Waals surface area contributed by atoms with Crippen molar-refractivity contribution in [2.75, 3.05) is 43.0 Å². The van der Waals surface area contributed by atoms with E-state index in [9.17, 15) is 4.39 Å². The molecule has 4 rings (SSSR count). The van der Waals surface area contributed by atoms with Crippen molar-refractivity contribution in [1.82, 2.24) is 20.6 Å². The monoisotopic (exact) mass is 553 g/mol. The third-order valence-corrected chi connectivity index (χ3v) is 6.17. The Bertz CT molecular complexity index is 884. The van der Waals surface area contributed by atoms with Crippen LogP contribution in [0.25, 0.3) is 0 Å². The van der Waals surface area contributed by atoms with Gasteiger partial charge in [-0.3, -0.25) is 4.99 Å². The number of aliphatic imine (C=N–C) groups is 1. The second-order valence-corrected chi connectivity index (χ2v) is 8.50. The number of hydrogen-bond donors (Lipinski definition) is 2. The number of piperidine rings is 1. The Hall–Kier alpha value is -2.17. The molecule has 2 fully saturated rings. The highest BCUT2D eigenvalue weighted by Crippen LogP contribution is 2.22. The predicted octanol–water partition coefficient (Wildman–Crippen LogP) is 3.41. The predicted molar refractivity (Wildman–Crippen MR) is 138 cm³/mol. The highest BCUT2D eigenvalue weighted by Gasteiger charge is 2.26. The number of nitrogens with zero attached hydrogens (tertiary/aromatic N) is 5. The lowest BCUT2D eigenvalue weighted by Gasteiger charge is -2.31. The van der Waals surface area contributed by atoms with Crippen molar-refractivity contribution in [2.24, 2.45) is 10.9 Å². The normalized spacial score (nSPS) is 19.6.